The van der Waals surface area contributed by atoms with E-state index in [-0.39, 0.29) is 10.7 Å². The van der Waals surface area contributed by atoms with Crippen molar-refractivity contribution in [2.45, 2.75) is 32.1 Å². The van der Waals surface area contributed by atoms with Crippen molar-refractivity contribution in [1.29, 1.82) is 0 Å². The zero-order valence-electron chi connectivity index (χ0n) is 11.5. The largest absolute Gasteiger partial charge is 0.366 e. The van der Waals surface area contributed by atoms with E-state index >= 15 is 0 Å². The second-order valence-corrected chi connectivity index (χ2v) is 7.04. The summed E-state index contributed by atoms with van der Waals surface area (Å²) in [6.07, 6.45) is 0. The summed E-state index contributed by atoms with van der Waals surface area (Å²) in [5, 5.41) is 2.83. The first-order chi connectivity index (χ1) is 8.78. The molecule has 0 atom stereocenters. The Hall–Kier alpha value is -1.49. The third-order valence-corrected chi connectivity index (χ3v) is 3.61. The summed E-state index contributed by atoms with van der Waals surface area (Å²) >= 11 is 1.60. The standard InChI is InChI=1S/C14H20N2O2S/c1-14(2,3)19-9-12(17)16-8-10-5-4-6-11(7-10)13(15)18/h4-7H,8-9H2,1-3H3,(H2,15,18)(H,16,17). The molecule has 0 spiro atoms. The zero-order chi connectivity index (χ0) is 14.5. The summed E-state index contributed by atoms with van der Waals surface area (Å²) in [5.74, 6) is -0.0418. The lowest BCUT2D eigenvalue weighted by molar-refractivity contribution is -0.118. The third-order valence-electron chi connectivity index (χ3n) is 2.34. The number of thioether (sulfide) groups is 1. The van der Waals surface area contributed by atoms with E-state index in [0.29, 0.717) is 17.9 Å². The summed E-state index contributed by atoms with van der Waals surface area (Å²) in [6, 6.07) is 6.96. The smallest absolute Gasteiger partial charge is 0.248 e. The van der Waals surface area contributed by atoms with Crippen LogP contribution < -0.4 is 11.1 Å². The molecule has 0 aromatic heterocycles. The van der Waals surface area contributed by atoms with Crippen molar-refractivity contribution in [1.82, 2.24) is 5.32 Å². The molecule has 4 nitrogen and oxygen atoms in total. The van der Waals surface area contributed by atoms with Crippen LogP contribution in [0.4, 0.5) is 0 Å². The van der Waals surface area contributed by atoms with Crippen molar-refractivity contribution in [3.63, 3.8) is 0 Å². The summed E-state index contributed by atoms with van der Waals surface area (Å²) < 4.78 is 0.0726. The molecule has 3 N–H and O–H groups in total. The van der Waals surface area contributed by atoms with Gasteiger partial charge >= 0.3 is 0 Å². The van der Waals surface area contributed by atoms with Crippen molar-refractivity contribution < 1.29 is 9.59 Å². The van der Waals surface area contributed by atoms with Crippen molar-refractivity contribution in [2.75, 3.05) is 5.75 Å². The van der Waals surface area contributed by atoms with Gasteiger partial charge in [-0.25, -0.2) is 0 Å². The maximum Gasteiger partial charge on any atom is 0.248 e. The van der Waals surface area contributed by atoms with Crippen LogP contribution in [-0.4, -0.2) is 22.3 Å². The van der Waals surface area contributed by atoms with Crippen LogP contribution in [0.3, 0.4) is 0 Å². The Morgan fingerprint density at radius 2 is 2.00 bits per heavy atom. The number of benzene rings is 1. The van der Waals surface area contributed by atoms with Crippen molar-refractivity contribution in [3.05, 3.63) is 35.4 Å². The van der Waals surface area contributed by atoms with Gasteiger partial charge in [-0.05, 0) is 17.7 Å². The van der Waals surface area contributed by atoms with Crippen LogP contribution in [-0.2, 0) is 11.3 Å². The minimum Gasteiger partial charge on any atom is -0.366 e. The van der Waals surface area contributed by atoms with Gasteiger partial charge in [0.05, 0.1) is 5.75 Å². The van der Waals surface area contributed by atoms with Gasteiger partial charge in [-0.3, -0.25) is 9.59 Å². The minimum absolute atomic E-state index is 0.00981. The maximum atomic E-state index is 11.7. The molecule has 0 heterocycles. The van der Waals surface area contributed by atoms with Crippen LogP contribution in [0.1, 0.15) is 36.7 Å². The van der Waals surface area contributed by atoms with Crippen LogP contribution in [0.5, 0.6) is 0 Å². The molecule has 0 unspecified atom stereocenters. The van der Waals surface area contributed by atoms with Crippen LogP contribution in [0, 0.1) is 0 Å². The van der Waals surface area contributed by atoms with Crippen LogP contribution in [0.25, 0.3) is 0 Å². The van der Waals surface area contributed by atoms with E-state index in [2.05, 4.69) is 26.1 Å². The van der Waals surface area contributed by atoms with Gasteiger partial charge in [-0.2, -0.15) is 0 Å². The molecule has 1 aromatic carbocycles. The summed E-state index contributed by atoms with van der Waals surface area (Å²) in [6.45, 7) is 6.62. The first-order valence-corrected chi connectivity index (χ1v) is 7.06. The van der Waals surface area contributed by atoms with Gasteiger partial charge in [0, 0.05) is 16.9 Å². The highest BCUT2D eigenvalue weighted by molar-refractivity contribution is 8.01. The molecular formula is C14H20N2O2S. The summed E-state index contributed by atoms with van der Waals surface area (Å²) in [7, 11) is 0. The number of hydrogen-bond acceptors (Lipinski definition) is 3. The number of rotatable bonds is 5. The Kier molecular flexibility index (Phi) is 5.42. The fraction of sp³-hybridized carbons (Fsp3) is 0.429. The van der Waals surface area contributed by atoms with E-state index in [4.69, 9.17) is 5.73 Å². The molecule has 104 valence electrons. The SMILES string of the molecule is CC(C)(C)SCC(=O)NCc1cccc(C(N)=O)c1. The molecule has 2 amide bonds. The van der Waals surface area contributed by atoms with E-state index in [1.807, 2.05) is 6.07 Å². The molecular weight excluding hydrogens is 260 g/mol. The van der Waals surface area contributed by atoms with Crippen LogP contribution in [0.15, 0.2) is 24.3 Å². The molecule has 0 saturated heterocycles. The first kappa shape index (κ1) is 15.6. The van der Waals surface area contributed by atoms with Gasteiger partial charge < -0.3 is 11.1 Å². The van der Waals surface area contributed by atoms with E-state index in [9.17, 15) is 9.59 Å². The highest BCUT2D eigenvalue weighted by Crippen LogP contribution is 2.22. The molecule has 1 rings (SSSR count). The van der Waals surface area contributed by atoms with Gasteiger partial charge in [-0.1, -0.05) is 32.9 Å². The number of carbonyl (C=O) groups is 2. The normalized spacial score (nSPS) is 11.1. The predicted molar refractivity (Wildman–Crippen MR) is 79.0 cm³/mol. The highest BCUT2D eigenvalue weighted by Gasteiger charge is 2.13. The van der Waals surface area contributed by atoms with E-state index < -0.39 is 5.91 Å². The van der Waals surface area contributed by atoms with E-state index in [1.165, 1.54) is 0 Å². The van der Waals surface area contributed by atoms with E-state index in [0.717, 1.165) is 5.56 Å². The average molecular weight is 280 g/mol. The molecule has 5 heteroatoms. The number of amides is 2. The molecule has 0 bridgehead atoms. The molecule has 19 heavy (non-hydrogen) atoms. The second kappa shape index (κ2) is 6.61. The van der Waals surface area contributed by atoms with Gasteiger partial charge in [0.2, 0.25) is 11.8 Å². The van der Waals surface area contributed by atoms with Crippen molar-refractivity contribution in [3.8, 4) is 0 Å². The number of nitrogens with one attached hydrogen (secondary N) is 1. The average Bonchev–Trinajstić information content (AvgIpc) is 2.33. The highest BCUT2D eigenvalue weighted by atomic mass is 32.2. The monoisotopic (exact) mass is 280 g/mol. The van der Waals surface area contributed by atoms with Crippen molar-refractivity contribution in [2.24, 2.45) is 5.73 Å². The number of nitrogens with two attached hydrogens (primary N) is 1. The minimum atomic E-state index is -0.462. The lowest BCUT2D eigenvalue weighted by Crippen LogP contribution is -2.26. The fourth-order valence-electron chi connectivity index (χ4n) is 1.37. The van der Waals surface area contributed by atoms with E-state index in [1.54, 1.807) is 30.0 Å². The van der Waals surface area contributed by atoms with Gasteiger partial charge in [0.25, 0.3) is 0 Å². The Morgan fingerprint density at radius 3 is 2.58 bits per heavy atom. The number of hydrogen-bond donors (Lipinski definition) is 2. The lowest BCUT2D eigenvalue weighted by Gasteiger charge is -2.17. The van der Waals surface area contributed by atoms with Gasteiger partial charge in [0.1, 0.15) is 0 Å². The van der Waals surface area contributed by atoms with Crippen molar-refractivity contribution >= 4 is 23.6 Å². The quantitative estimate of drug-likeness (QED) is 0.865. The third kappa shape index (κ3) is 6.29. The lowest BCUT2D eigenvalue weighted by atomic mass is 10.1. The number of primary amides is 1. The predicted octanol–water partition coefficient (Wildman–Crippen LogP) is 1.93. The Labute approximate surface area is 118 Å². The molecule has 0 fully saturated rings. The van der Waals surface area contributed by atoms with Crippen LogP contribution in [0.2, 0.25) is 0 Å². The Morgan fingerprint density at radius 1 is 1.32 bits per heavy atom. The van der Waals surface area contributed by atoms with Crippen LogP contribution >= 0.6 is 11.8 Å². The summed E-state index contributed by atoms with van der Waals surface area (Å²) in [4.78, 5) is 22.7. The number of carbonyl (C=O) groups excluding carboxylic acids is 2. The zero-order valence-corrected chi connectivity index (χ0v) is 12.3. The molecule has 0 radical (unpaired) electrons. The Bertz CT molecular complexity index is 467. The molecule has 1 aromatic rings. The molecule has 0 saturated carbocycles. The Balaban J connectivity index is 2.46. The van der Waals surface area contributed by atoms with Gasteiger partial charge in [0.15, 0.2) is 0 Å². The molecule has 0 aliphatic carbocycles. The first-order valence-electron chi connectivity index (χ1n) is 6.07. The van der Waals surface area contributed by atoms with Gasteiger partial charge in [-0.15, -0.1) is 11.8 Å². The molecule has 0 aliphatic heterocycles. The topological polar surface area (TPSA) is 72.2 Å². The maximum absolute atomic E-state index is 11.7. The second-order valence-electron chi connectivity index (χ2n) is 5.24. The summed E-state index contributed by atoms with van der Waals surface area (Å²) in [5.41, 5.74) is 6.53. The molecule has 0 aliphatic rings. The fourth-order valence-corrected chi connectivity index (χ4v) is 2.03.